The van der Waals surface area contributed by atoms with E-state index in [1.807, 2.05) is 0 Å². The molecule has 0 aliphatic heterocycles. The minimum absolute atomic E-state index is 0.0386. The highest BCUT2D eigenvalue weighted by Crippen LogP contribution is 2.28. The summed E-state index contributed by atoms with van der Waals surface area (Å²) in [6.07, 6.45) is 0. The minimum Gasteiger partial charge on any atom is -0.496 e. The van der Waals surface area contributed by atoms with Crippen LogP contribution >= 0.6 is 0 Å². The third-order valence-electron chi connectivity index (χ3n) is 2.11. The van der Waals surface area contributed by atoms with Gasteiger partial charge >= 0.3 is 11.9 Å². The smallest absolute Gasteiger partial charge is 0.397 e. The van der Waals surface area contributed by atoms with E-state index in [2.05, 4.69) is 10.1 Å². The number of nitro benzene ring substituents is 1. The molecule has 0 saturated heterocycles. The van der Waals surface area contributed by atoms with Crippen LogP contribution in [0.15, 0.2) is 18.2 Å². The van der Waals surface area contributed by atoms with Crippen LogP contribution in [0.25, 0.3) is 0 Å². The van der Waals surface area contributed by atoms with Crippen LogP contribution in [0.2, 0.25) is 0 Å². The SMILES string of the molecule is CCOC(=O)C(=O)Nc1ccc(OC)cc1[N+](=O)[O-]. The Bertz CT molecular complexity index is 514. The molecule has 0 unspecified atom stereocenters. The Morgan fingerprint density at radius 3 is 2.63 bits per heavy atom. The number of benzene rings is 1. The molecular weight excluding hydrogens is 256 g/mol. The molecule has 0 aliphatic carbocycles. The number of ether oxygens (including phenoxy) is 2. The van der Waals surface area contributed by atoms with Gasteiger partial charge in [-0.3, -0.25) is 14.9 Å². The summed E-state index contributed by atoms with van der Waals surface area (Å²) in [4.78, 5) is 32.7. The van der Waals surface area contributed by atoms with Gasteiger partial charge in [0.15, 0.2) is 0 Å². The van der Waals surface area contributed by atoms with Crippen molar-refractivity contribution < 1.29 is 24.0 Å². The summed E-state index contributed by atoms with van der Waals surface area (Å²) >= 11 is 0. The summed E-state index contributed by atoms with van der Waals surface area (Å²) in [6.45, 7) is 1.58. The largest absolute Gasteiger partial charge is 0.496 e. The average Bonchev–Trinajstić information content (AvgIpc) is 2.39. The zero-order valence-corrected chi connectivity index (χ0v) is 10.3. The number of carbonyl (C=O) groups excluding carboxylic acids is 2. The highest BCUT2D eigenvalue weighted by Gasteiger charge is 2.21. The molecule has 1 amide bonds. The molecule has 0 atom stereocenters. The molecule has 1 rings (SSSR count). The second-order valence-corrected chi connectivity index (χ2v) is 3.31. The first-order valence-electron chi connectivity index (χ1n) is 5.30. The normalized spacial score (nSPS) is 9.58. The van der Waals surface area contributed by atoms with E-state index < -0.39 is 16.8 Å². The van der Waals surface area contributed by atoms with Gasteiger partial charge in [0.25, 0.3) is 5.69 Å². The quantitative estimate of drug-likeness (QED) is 0.379. The Balaban J connectivity index is 2.97. The first-order chi connectivity index (χ1) is 8.99. The Morgan fingerprint density at radius 1 is 1.42 bits per heavy atom. The lowest BCUT2D eigenvalue weighted by Gasteiger charge is -2.06. The number of amides is 1. The number of methoxy groups -OCH3 is 1. The molecule has 1 aromatic carbocycles. The van der Waals surface area contributed by atoms with Crippen molar-refractivity contribution in [2.75, 3.05) is 19.0 Å². The molecule has 0 radical (unpaired) electrons. The standard InChI is InChI=1S/C11H12N2O6/c1-3-19-11(15)10(14)12-8-5-4-7(18-2)6-9(8)13(16)17/h4-6H,3H2,1-2H3,(H,12,14). The highest BCUT2D eigenvalue weighted by molar-refractivity contribution is 6.37. The maximum atomic E-state index is 11.4. The van der Waals surface area contributed by atoms with E-state index in [1.165, 1.54) is 19.2 Å². The molecule has 0 bridgehead atoms. The molecule has 0 aliphatic rings. The van der Waals surface area contributed by atoms with Crippen LogP contribution in [0.3, 0.4) is 0 Å². The summed E-state index contributed by atoms with van der Waals surface area (Å²) in [5.41, 5.74) is -0.485. The molecule has 8 nitrogen and oxygen atoms in total. The number of hydrogen-bond donors (Lipinski definition) is 1. The molecule has 0 spiro atoms. The van der Waals surface area contributed by atoms with Crippen LogP contribution < -0.4 is 10.1 Å². The van der Waals surface area contributed by atoms with Gasteiger partial charge in [0, 0.05) is 0 Å². The summed E-state index contributed by atoms with van der Waals surface area (Å²) in [7, 11) is 1.36. The lowest BCUT2D eigenvalue weighted by atomic mass is 10.2. The Morgan fingerprint density at radius 2 is 2.11 bits per heavy atom. The van der Waals surface area contributed by atoms with Crippen molar-refractivity contribution in [3.05, 3.63) is 28.3 Å². The predicted molar refractivity (Wildman–Crippen MR) is 64.9 cm³/mol. The van der Waals surface area contributed by atoms with E-state index in [-0.39, 0.29) is 23.7 Å². The van der Waals surface area contributed by atoms with Crippen molar-refractivity contribution >= 4 is 23.3 Å². The van der Waals surface area contributed by atoms with Gasteiger partial charge in [-0.1, -0.05) is 0 Å². The zero-order chi connectivity index (χ0) is 14.4. The number of nitrogens with one attached hydrogen (secondary N) is 1. The third kappa shape index (κ3) is 3.66. The van der Waals surface area contributed by atoms with Crippen molar-refractivity contribution in [1.29, 1.82) is 0 Å². The fourth-order valence-corrected chi connectivity index (χ4v) is 1.27. The molecule has 19 heavy (non-hydrogen) atoms. The van der Waals surface area contributed by atoms with E-state index in [0.29, 0.717) is 0 Å². The molecule has 102 valence electrons. The van der Waals surface area contributed by atoms with Crippen molar-refractivity contribution in [1.82, 2.24) is 0 Å². The van der Waals surface area contributed by atoms with Crippen LogP contribution in [0.4, 0.5) is 11.4 Å². The lowest BCUT2D eigenvalue weighted by molar-refractivity contribution is -0.384. The number of hydrogen-bond acceptors (Lipinski definition) is 6. The summed E-state index contributed by atoms with van der Waals surface area (Å²) in [6, 6.07) is 3.84. The van der Waals surface area contributed by atoms with Crippen molar-refractivity contribution in [2.45, 2.75) is 6.92 Å². The van der Waals surface area contributed by atoms with Gasteiger partial charge in [0.1, 0.15) is 11.4 Å². The maximum Gasteiger partial charge on any atom is 0.397 e. The average molecular weight is 268 g/mol. The van der Waals surface area contributed by atoms with Gasteiger partial charge in [-0.05, 0) is 19.1 Å². The second kappa shape index (κ2) is 6.34. The van der Waals surface area contributed by atoms with E-state index >= 15 is 0 Å². The van der Waals surface area contributed by atoms with Gasteiger partial charge in [-0.25, -0.2) is 4.79 Å². The fraction of sp³-hybridized carbons (Fsp3) is 0.273. The number of nitro groups is 1. The number of esters is 1. The highest BCUT2D eigenvalue weighted by atomic mass is 16.6. The van der Waals surface area contributed by atoms with Gasteiger partial charge in [-0.2, -0.15) is 0 Å². The van der Waals surface area contributed by atoms with Gasteiger partial charge in [0.05, 0.1) is 24.7 Å². The van der Waals surface area contributed by atoms with Crippen LogP contribution in [-0.4, -0.2) is 30.5 Å². The zero-order valence-electron chi connectivity index (χ0n) is 10.3. The molecule has 1 N–H and O–H groups in total. The monoisotopic (exact) mass is 268 g/mol. The molecular formula is C11H12N2O6. The van der Waals surface area contributed by atoms with Crippen LogP contribution in [0.1, 0.15) is 6.92 Å². The van der Waals surface area contributed by atoms with E-state index in [4.69, 9.17) is 4.74 Å². The summed E-state index contributed by atoms with van der Waals surface area (Å²) in [5, 5.41) is 13.0. The molecule has 0 aromatic heterocycles. The van der Waals surface area contributed by atoms with Crippen LogP contribution in [-0.2, 0) is 14.3 Å². The van der Waals surface area contributed by atoms with E-state index in [0.717, 1.165) is 6.07 Å². The first-order valence-corrected chi connectivity index (χ1v) is 5.30. The Hall–Kier alpha value is -2.64. The first kappa shape index (κ1) is 14.4. The molecule has 1 aromatic rings. The Kier molecular flexibility index (Phi) is 4.81. The van der Waals surface area contributed by atoms with E-state index in [9.17, 15) is 19.7 Å². The van der Waals surface area contributed by atoms with Gasteiger partial charge < -0.3 is 14.8 Å². The van der Waals surface area contributed by atoms with E-state index in [1.54, 1.807) is 6.92 Å². The number of carbonyl (C=O) groups is 2. The number of rotatable bonds is 4. The maximum absolute atomic E-state index is 11.4. The number of anilines is 1. The minimum atomic E-state index is -1.10. The molecule has 0 heterocycles. The van der Waals surface area contributed by atoms with Gasteiger partial charge in [0.2, 0.25) is 0 Å². The number of nitrogens with zero attached hydrogens (tertiary/aromatic N) is 1. The lowest BCUT2D eigenvalue weighted by Crippen LogP contribution is -2.25. The fourth-order valence-electron chi connectivity index (χ4n) is 1.27. The second-order valence-electron chi connectivity index (χ2n) is 3.31. The van der Waals surface area contributed by atoms with Crippen LogP contribution in [0, 0.1) is 10.1 Å². The van der Waals surface area contributed by atoms with Crippen molar-refractivity contribution in [2.24, 2.45) is 0 Å². The van der Waals surface area contributed by atoms with Crippen molar-refractivity contribution in [3.63, 3.8) is 0 Å². The summed E-state index contributed by atoms with van der Waals surface area (Å²) in [5.74, 6) is -1.91. The summed E-state index contributed by atoms with van der Waals surface area (Å²) < 4.78 is 9.32. The van der Waals surface area contributed by atoms with Crippen LogP contribution in [0.5, 0.6) is 5.75 Å². The molecule has 0 fully saturated rings. The van der Waals surface area contributed by atoms with Gasteiger partial charge in [-0.15, -0.1) is 0 Å². The molecule has 0 saturated carbocycles. The third-order valence-corrected chi connectivity index (χ3v) is 2.11. The molecule has 8 heteroatoms. The van der Waals surface area contributed by atoms with Crippen molar-refractivity contribution in [3.8, 4) is 5.75 Å². The topological polar surface area (TPSA) is 108 Å². The Labute approximate surface area is 108 Å². The predicted octanol–water partition coefficient (Wildman–Crippen LogP) is 1.10.